The maximum Gasteiger partial charge on any atom is 0.326 e. The fourth-order valence-corrected chi connectivity index (χ4v) is 6.21. The summed E-state index contributed by atoms with van der Waals surface area (Å²) in [6, 6.07) is -4.42. The Morgan fingerprint density at radius 3 is 1.09 bits per heavy atom. The molecule has 9 N–H and O–H groups in total. The van der Waals surface area contributed by atoms with E-state index in [0.29, 0.717) is 12.8 Å². The molecule has 5 amide bonds. The molecule has 0 saturated heterocycles. The Balaban J connectivity index is 4.27. The number of nitrogens with one attached hydrogen (secondary N) is 5. The van der Waals surface area contributed by atoms with Crippen LogP contribution >= 0.6 is 0 Å². The molecule has 0 aromatic rings. The summed E-state index contributed by atoms with van der Waals surface area (Å²) < 4.78 is 20.8. The van der Waals surface area contributed by atoms with Crippen molar-refractivity contribution in [1.82, 2.24) is 26.6 Å². The molecule has 0 aromatic heterocycles. The van der Waals surface area contributed by atoms with Gasteiger partial charge in [-0.05, 0) is 39.0 Å². The number of ketones is 1. The van der Waals surface area contributed by atoms with Gasteiger partial charge in [-0.15, -0.1) is 0 Å². The summed E-state index contributed by atoms with van der Waals surface area (Å²) in [4.78, 5) is 118. The van der Waals surface area contributed by atoms with Crippen molar-refractivity contribution in [2.24, 2.45) is 0 Å². The first-order chi connectivity index (χ1) is 32.0. The van der Waals surface area contributed by atoms with Gasteiger partial charge in [-0.1, -0.05) is 64.2 Å². The van der Waals surface area contributed by atoms with Gasteiger partial charge in [-0.2, -0.15) is 0 Å². The van der Waals surface area contributed by atoms with Crippen LogP contribution in [0.1, 0.15) is 135 Å². The average molecular weight is 962 g/mol. The lowest BCUT2D eigenvalue weighted by Gasteiger charge is -2.18. The number of ether oxygens (including phenoxy) is 4. The summed E-state index contributed by atoms with van der Waals surface area (Å²) in [6.45, 7) is 2.72. The number of aliphatic carboxylic acids is 4. The fourth-order valence-electron chi connectivity index (χ4n) is 6.21. The number of carbonyl (C=O) groups is 10. The normalized spacial score (nSPS) is 12.3. The molecule has 0 heterocycles. The standard InChI is InChI=1S/C44H75N5O18/c1-32(50)30-66-28-26-65-25-23-46-40(55)31-67-29-27-64-24-22-45-36(51)19-16-33(42(58)59)48-38(53)21-18-35(44(62)63)49-39(54)20-17-34(43(60)61)47-37(52)14-12-10-8-6-4-2-3-5-7-9-11-13-15-41(56)57/h33-35H,2-31H2,1H3,(H,45,51)(H,46,55)(H,47,52)(H,48,53)(H,49,54)(H,56,57)(H,58,59)(H,60,61)(H,62,63)/t33-,34?,35-/m0/s1. The van der Waals surface area contributed by atoms with Crippen molar-refractivity contribution in [3.63, 3.8) is 0 Å². The SMILES string of the molecule is CC(=O)COCCOCCNC(=O)COCCOCCNC(=O)CC[C@H](NC(=O)CC[C@H](NC(=O)CCC(NC(=O)CCCCCCCCCCCCCCC(=O)O)C(=O)O)C(=O)O)C(=O)O. The number of amides is 5. The largest absolute Gasteiger partial charge is 0.481 e. The molecule has 0 fully saturated rings. The molecule has 0 bridgehead atoms. The van der Waals surface area contributed by atoms with Crippen LogP contribution in [0.25, 0.3) is 0 Å². The highest BCUT2D eigenvalue weighted by Crippen LogP contribution is 2.13. The minimum atomic E-state index is -1.56. The Morgan fingerprint density at radius 2 is 0.701 bits per heavy atom. The monoisotopic (exact) mass is 962 g/mol. The molecular weight excluding hydrogens is 887 g/mol. The highest BCUT2D eigenvalue weighted by molar-refractivity contribution is 5.87. The van der Waals surface area contributed by atoms with Crippen LogP contribution in [0, 0.1) is 0 Å². The predicted molar refractivity (Wildman–Crippen MR) is 239 cm³/mol. The number of rotatable bonds is 46. The van der Waals surface area contributed by atoms with Crippen molar-refractivity contribution in [3.05, 3.63) is 0 Å². The Hall–Kier alpha value is -5.26. The van der Waals surface area contributed by atoms with Crippen molar-refractivity contribution < 1.29 is 87.3 Å². The zero-order valence-electron chi connectivity index (χ0n) is 38.9. The van der Waals surface area contributed by atoms with Gasteiger partial charge in [0.1, 0.15) is 31.3 Å². The van der Waals surface area contributed by atoms with Crippen LogP contribution in [-0.2, 0) is 66.9 Å². The molecule has 0 spiro atoms. The van der Waals surface area contributed by atoms with E-state index in [1.807, 2.05) is 0 Å². The Labute approximate surface area is 391 Å². The first-order valence-electron chi connectivity index (χ1n) is 23.1. The van der Waals surface area contributed by atoms with Crippen molar-refractivity contribution in [3.8, 4) is 0 Å². The van der Waals surface area contributed by atoms with Gasteiger partial charge < -0.3 is 66.0 Å². The Bertz CT molecular complexity index is 1500. The van der Waals surface area contributed by atoms with E-state index in [2.05, 4.69) is 26.6 Å². The molecule has 0 rings (SSSR count). The highest BCUT2D eigenvalue weighted by atomic mass is 16.5. The van der Waals surface area contributed by atoms with Crippen LogP contribution in [0.4, 0.5) is 0 Å². The summed E-state index contributed by atoms with van der Waals surface area (Å²) in [7, 11) is 0. The maximum absolute atomic E-state index is 12.6. The Morgan fingerprint density at radius 1 is 0.373 bits per heavy atom. The van der Waals surface area contributed by atoms with Gasteiger partial charge in [0.25, 0.3) is 0 Å². The van der Waals surface area contributed by atoms with E-state index in [4.69, 9.17) is 24.1 Å². The molecule has 23 nitrogen and oxygen atoms in total. The third-order valence-electron chi connectivity index (χ3n) is 9.84. The second-order valence-electron chi connectivity index (χ2n) is 15.9. The quantitative estimate of drug-likeness (QED) is 0.0390. The van der Waals surface area contributed by atoms with Crippen LogP contribution in [0.2, 0.25) is 0 Å². The molecule has 0 aliphatic rings. The number of Topliss-reactive ketones (excluding diaryl/α,β-unsaturated/α-hetero) is 1. The van der Waals surface area contributed by atoms with Crippen molar-refractivity contribution in [2.75, 3.05) is 65.9 Å². The molecule has 0 aromatic carbocycles. The summed E-state index contributed by atoms with van der Waals surface area (Å²) in [5, 5.41) is 49.4. The zero-order valence-corrected chi connectivity index (χ0v) is 38.9. The second kappa shape index (κ2) is 41.0. The van der Waals surface area contributed by atoms with Crippen LogP contribution in [0.3, 0.4) is 0 Å². The van der Waals surface area contributed by atoms with E-state index in [-0.39, 0.29) is 110 Å². The number of hydrogen-bond acceptors (Lipinski definition) is 14. The van der Waals surface area contributed by atoms with E-state index >= 15 is 0 Å². The molecule has 3 atom stereocenters. The minimum Gasteiger partial charge on any atom is -0.481 e. The first-order valence-corrected chi connectivity index (χ1v) is 23.1. The van der Waals surface area contributed by atoms with Crippen molar-refractivity contribution in [1.29, 1.82) is 0 Å². The van der Waals surface area contributed by atoms with Gasteiger partial charge in [-0.3, -0.25) is 33.6 Å². The van der Waals surface area contributed by atoms with Crippen LogP contribution in [-0.4, -0.2) is 164 Å². The van der Waals surface area contributed by atoms with Crippen molar-refractivity contribution in [2.45, 2.75) is 153 Å². The van der Waals surface area contributed by atoms with Crippen LogP contribution in [0.15, 0.2) is 0 Å². The fraction of sp³-hybridized carbons (Fsp3) is 0.773. The molecule has 67 heavy (non-hydrogen) atoms. The lowest BCUT2D eigenvalue weighted by molar-refractivity contribution is -0.144. The van der Waals surface area contributed by atoms with Gasteiger partial charge >= 0.3 is 23.9 Å². The van der Waals surface area contributed by atoms with E-state index in [1.54, 1.807) is 0 Å². The van der Waals surface area contributed by atoms with E-state index in [1.165, 1.54) is 6.92 Å². The first kappa shape index (κ1) is 61.7. The Kier molecular flexibility index (Phi) is 37.8. The topological polar surface area (TPSA) is 349 Å². The number of carboxylic acid groups (broad SMARTS) is 4. The smallest absolute Gasteiger partial charge is 0.326 e. The molecule has 23 heteroatoms. The third kappa shape index (κ3) is 39.6. The molecule has 0 aliphatic carbocycles. The van der Waals surface area contributed by atoms with Crippen LogP contribution in [0.5, 0.6) is 0 Å². The minimum absolute atomic E-state index is 0.0221. The van der Waals surface area contributed by atoms with E-state index < -0.39 is 84.9 Å². The third-order valence-corrected chi connectivity index (χ3v) is 9.84. The van der Waals surface area contributed by atoms with E-state index in [0.717, 1.165) is 64.2 Å². The molecule has 1 unspecified atom stereocenters. The van der Waals surface area contributed by atoms with Crippen molar-refractivity contribution >= 4 is 59.2 Å². The second-order valence-corrected chi connectivity index (χ2v) is 15.9. The van der Waals surface area contributed by atoms with E-state index in [9.17, 15) is 63.3 Å². The molecule has 0 saturated carbocycles. The summed E-state index contributed by atoms with van der Waals surface area (Å²) in [5.74, 6) is -8.16. The lowest BCUT2D eigenvalue weighted by atomic mass is 10.0. The zero-order chi connectivity index (χ0) is 50.1. The molecular formula is C44H75N5O18. The van der Waals surface area contributed by atoms with Gasteiger partial charge in [0.15, 0.2) is 5.78 Å². The lowest BCUT2D eigenvalue weighted by Crippen LogP contribution is -2.45. The summed E-state index contributed by atoms with van der Waals surface area (Å²) in [6.07, 6.45) is 9.63. The van der Waals surface area contributed by atoms with Crippen LogP contribution < -0.4 is 26.6 Å². The van der Waals surface area contributed by atoms with Gasteiger partial charge in [0.05, 0.1) is 39.6 Å². The van der Waals surface area contributed by atoms with Gasteiger partial charge in [0, 0.05) is 45.2 Å². The number of carboxylic acids is 4. The highest BCUT2D eigenvalue weighted by Gasteiger charge is 2.26. The number of hydrogen-bond donors (Lipinski definition) is 9. The maximum atomic E-state index is 12.6. The summed E-state index contributed by atoms with van der Waals surface area (Å²) >= 11 is 0. The van der Waals surface area contributed by atoms with Gasteiger partial charge in [-0.25, -0.2) is 14.4 Å². The average Bonchev–Trinajstić information content (AvgIpc) is 3.26. The number of unbranched alkanes of at least 4 members (excludes halogenated alkanes) is 11. The molecule has 0 radical (unpaired) electrons. The molecule has 0 aliphatic heterocycles. The predicted octanol–water partition coefficient (Wildman–Crippen LogP) is 1.47. The summed E-state index contributed by atoms with van der Waals surface area (Å²) in [5.41, 5.74) is 0. The molecule has 384 valence electrons. The number of carbonyl (C=O) groups excluding carboxylic acids is 6. The van der Waals surface area contributed by atoms with Gasteiger partial charge in [0.2, 0.25) is 29.5 Å².